The molecule has 1 aliphatic rings. The lowest BCUT2D eigenvalue weighted by Gasteiger charge is -2.35. The van der Waals surface area contributed by atoms with Gasteiger partial charge in [-0.25, -0.2) is 0 Å². The van der Waals surface area contributed by atoms with E-state index in [4.69, 9.17) is 9.47 Å². The Labute approximate surface area is 164 Å². The highest BCUT2D eigenvalue weighted by Gasteiger charge is 2.19. The van der Waals surface area contributed by atoms with Crippen molar-refractivity contribution in [2.45, 2.75) is 45.2 Å². The first-order valence-corrected chi connectivity index (χ1v) is 10.2. The number of aliphatic imine (C=N–C) groups is 1. The fraction of sp³-hybridized carbons (Fsp3) is 0.667. The van der Waals surface area contributed by atoms with Crippen LogP contribution in [0.15, 0.2) is 29.3 Å². The molecule has 152 valence electrons. The van der Waals surface area contributed by atoms with Crippen LogP contribution < -0.4 is 15.4 Å². The summed E-state index contributed by atoms with van der Waals surface area (Å²) < 4.78 is 10.6. The van der Waals surface area contributed by atoms with Crippen molar-refractivity contribution in [1.29, 1.82) is 0 Å². The molecule has 0 amide bonds. The summed E-state index contributed by atoms with van der Waals surface area (Å²) in [5.74, 6) is 1.71. The van der Waals surface area contributed by atoms with Gasteiger partial charge in [0.25, 0.3) is 0 Å². The van der Waals surface area contributed by atoms with Gasteiger partial charge in [-0.1, -0.05) is 25.5 Å². The second-order valence-corrected chi connectivity index (χ2v) is 6.93. The van der Waals surface area contributed by atoms with Gasteiger partial charge in [-0.2, -0.15) is 0 Å². The highest BCUT2D eigenvalue weighted by Crippen LogP contribution is 2.18. The van der Waals surface area contributed by atoms with E-state index in [2.05, 4.69) is 39.6 Å². The first kappa shape index (κ1) is 21.5. The van der Waals surface area contributed by atoms with E-state index >= 15 is 0 Å². The third kappa shape index (κ3) is 7.77. The number of hydrogen-bond acceptors (Lipinski definition) is 4. The molecule has 0 bridgehead atoms. The van der Waals surface area contributed by atoms with E-state index in [0.717, 1.165) is 37.4 Å². The number of guanidine groups is 1. The average Bonchev–Trinajstić information content (AvgIpc) is 2.72. The van der Waals surface area contributed by atoms with Crippen LogP contribution in [0, 0.1) is 0 Å². The molecule has 0 aromatic heterocycles. The van der Waals surface area contributed by atoms with Crippen molar-refractivity contribution in [2.24, 2.45) is 4.99 Å². The maximum atomic E-state index is 5.59. The fourth-order valence-electron chi connectivity index (χ4n) is 3.49. The number of nitrogens with zero attached hydrogens (tertiary/aromatic N) is 2. The zero-order valence-corrected chi connectivity index (χ0v) is 17.2. The lowest BCUT2D eigenvalue weighted by atomic mass is 10.0. The van der Waals surface area contributed by atoms with Gasteiger partial charge in [0.1, 0.15) is 12.4 Å². The molecule has 27 heavy (non-hydrogen) atoms. The molecule has 0 spiro atoms. The van der Waals surface area contributed by atoms with Crippen molar-refractivity contribution < 1.29 is 9.47 Å². The van der Waals surface area contributed by atoms with Crippen molar-refractivity contribution in [2.75, 3.05) is 47.0 Å². The molecule has 2 N–H and O–H groups in total. The Kier molecular flexibility index (Phi) is 10.0. The summed E-state index contributed by atoms with van der Waals surface area (Å²) in [7, 11) is 3.49. The van der Waals surface area contributed by atoms with Crippen molar-refractivity contribution in [3.63, 3.8) is 0 Å². The SMILES string of the molecule is CCC1CCCCN1CCNC(=NC)NCc1ccc(OCCOC)cc1. The van der Waals surface area contributed by atoms with Crippen LogP contribution in [0.4, 0.5) is 0 Å². The molecular weight excluding hydrogens is 340 g/mol. The molecule has 1 saturated heterocycles. The molecule has 0 saturated carbocycles. The number of piperidine rings is 1. The van der Waals surface area contributed by atoms with Crippen molar-refractivity contribution in [3.8, 4) is 5.75 Å². The number of ether oxygens (including phenoxy) is 2. The van der Waals surface area contributed by atoms with Crippen LogP contribution in [-0.4, -0.2) is 63.9 Å². The number of benzene rings is 1. The van der Waals surface area contributed by atoms with E-state index in [-0.39, 0.29) is 0 Å². The highest BCUT2D eigenvalue weighted by atomic mass is 16.5. The van der Waals surface area contributed by atoms with E-state index in [9.17, 15) is 0 Å². The molecule has 6 nitrogen and oxygen atoms in total. The van der Waals surface area contributed by atoms with Gasteiger partial charge in [-0.15, -0.1) is 0 Å². The molecule has 2 rings (SSSR count). The van der Waals surface area contributed by atoms with E-state index in [1.54, 1.807) is 7.11 Å². The summed E-state index contributed by atoms with van der Waals surface area (Å²) in [5, 5.41) is 6.82. The highest BCUT2D eigenvalue weighted by molar-refractivity contribution is 5.79. The number of hydrogen-bond donors (Lipinski definition) is 2. The number of likely N-dealkylation sites (tertiary alicyclic amines) is 1. The molecule has 0 aliphatic carbocycles. The largest absolute Gasteiger partial charge is 0.491 e. The van der Waals surface area contributed by atoms with Gasteiger partial charge in [0.2, 0.25) is 0 Å². The second kappa shape index (κ2) is 12.6. The summed E-state index contributed by atoms with van der Waals surface area (Å²) in [4.78, 5) is 6.95. The normalized spacial score (nSPS) is 18.3. The molecule has 6 heteroatoms. The van der Waals surface area contributed by atoms with Crippen molar-refractivity contribution in [3.05, 3.63) is 29.8 Å². The summed E-state index contributed by atoms with van der Waals surface area (Å²) in [6, 6.07) is 8.87. The Bertz CT molecular complexity index is 548. The first-order chi connectivity index (χ1) is 13.3. The zero-order chi connectivity index (χ0) is 19.3. The van der Waals surface area contributed by atoms with Gasteiger partial charge < -0.3 is 20.1 Å². The quantitative estimate of drug-likeness (QED) is 0.373. The van der Waals surface area contributed by atoms with Gasteiger partial charge in [0.05, 0.1) is 6.61 Å². The third-order valence-corrected chi connectivity index (χ3v) is 5.07. The Hall–Kier alpha value is -1.79. The predicted molar refractivity (Wildman–Crippen MR) is 112 cm³/mol. The van der Waals surface area contributed by atoms with E-state index < -0.39 is 0 Å². The molecule has 1 fully saturated rings. The third-order valence-electron chi connectivity index (χ3n) is 5.07. The average molecular weight is 377 g/mol. The van der Waals surface area contributed by atoms with Gasteiger partial charge in [0, 0.05) is 39.8 Å². The second-order valence-electron chi connectivity index (χ2n) is 6.93. The smallest absolute Gasteiger partial charge is 0.191 e. The predicted octanol–water partition coefficient (Wildman–Crippen LogP) is 2.64. The van der Waals surface area contributed by atoms with Crippen LogP contribution in [0.1, 0.15) is 38.2 Å². The fourth-order valence-corrected chi connectivity index (χ4v) is 3.49. The lowest BCUT2D eigenvalue weighted by Crippen LogP contribution is -2.45. The van der Waals surface area contributed by atoms with Crippen molar-refractivity contribution >= 4 is 5.96 Å². The minimum Gasteiger partial charge on any atom is -0.491 e. The number of nitrogens with one attached hydrogen (secondary N) is 2. The molecule has 1 aromatic rings. The minimum absolute atomic E-state index is 0.570. The van der Waals surface area contributed by atoms with E-state index in [0.29, 0.717) is 13.2 Å². The molecule has 1 unspecified atom stereocenters. The molecule has 0 radical (unpaired) electrons. The first-order valence-electron chi connectivity index (χ1n) is 10.2. The molecule has 1 aromatic carbocycles. The van der Waals surface area contributed by atoms with Gasteiger partial charge >= 0.3 is 0 Å². The molecular formula is C21H36N4O2. The van der Waals surface area contributed by atoms with Crippen LogP contribution in [0.3, 0.4) is 0 Å². The van der Waals surface area contributed by atoms with Crippen molar-refractivity contribution in [1.82, 2.24) is 15.5 Å². The van der Waals surface area contributed by atoms with Gasteiger partial charge in [-0.05, 0) is 43.5 Å². The summed E-state index contributed by atoms with van der Waals surface area (Å²) in [6.07, 6.45) is 5.29. The van der Waals surface area contributed by atoms with Gasteiger partial charge in [0.15, 0.2) is 5.96 Å². The zero-order valence-electron chi connectivity index (χ0n) is 17.2. The monoisotopic (exact) mass is 376 g/mol. The van der Waals surface area contributed by atoms with E-state index in [1.165, 1.54) is 37.8 Å². The van der Waals surface area contributed by atoms with Crippen LogP contribution in [0.5, 0.6) is 5.75 Å². The molecule has 1 atom stereocenters. The van der Waals surface area contributed by atoms with Gasteiger partial charge in [-0.3, -0.25) is 9.89 Å². The number of methoxy groups -OCH3 is 1. The maximum absolute atomic E-state index is 5.59. The minimum atomic E-state index is 0.570. The lowest BCUT2D eigenvalue weighted by molar-refractivity contribution is 0.146. The van der Waals surface area contributed by atoms with Crippen LogP contribution >= 0.6 is 0 Å². The Morgan fingerprint density at radius 2 is 2.00 bits per heavy atom. The van der Waals surface area contributed by atoms with Crippen LogP contribution in [-0.2, 0) is 11.3 Å². The number of rotatable bonds is 10. The van der Waals surface area contributed by atoms with Crippen LogP contribution in [0.25, 0.3) is 0 Å². The Morgan fingerprint density at radius 3 is 2.70 bits per heavy atom. The van der Waals surface area contributed by atoms with E-state index in [1.807, 2.05) is 19.2 Å². The van der Waals surface area contributed by atoms with Crippen LogP contribution in [0.2, 0.25) is 0 Å². The standard InChI is InChI=1S/C21H36N4O2/c1-4-19-7-5-6-13-25(19)14-12-23-21(22-2)24-17-18-8-10-20(11-9-18)27-16-15-26-3/h8-11,19H,4-7,12-17H2,1-3H3,(H2,22,23,24). The summed E-state index contributed by atoms with van der Waals surface area (Å²) in [5.41, 5.74) is 1.19. The summed E-state index contributed by atoms with van der Waals surface area (Å²) in [6.45, 7) is 7.42. The molecule has 1 heterocycles. The topological polar surface area (TPSA) is 58.1 Å². The molecule has 1 aliphatic heterocycles. The Morgan fingerprint density at radius 1 is 1.19 bits per heavy atom. The Balaban J connectivity index is 1.69. The summed E-state index contributed by atoms with van der Waals surface area (Å²) >= 11 is 0. The maximum Gasteiger partial charge on any atom is 0.191 e.